The average Bonchev–Trinajstić information content (AvgIpc) is 2.43. The Bertz CT molecular complexity index is 553. The van der Waals surface area contributed by atoms with Crippen LogP contribution < -0.4 is 0 Å². The number of nitro benzene ring substituents is 1. The van der Waals surface area contributed by atoms with Gasteiger partial charge in [0.15, 0.2) is 0 Å². The van der Waals surface area contributed by atoms with E-state index in [4.69, 9.17) is 14.7 Å². The topological polar surface area (TPSA) is 102 Å². The normalized spacial score (nSPS) is 11.5. The Kier molecular flexibility index (Phi) is 5.98. The van der Waals surface area contributed by atoms with Crippen molar-refractivity contribution in [2.24, 2.45) is 0 Å². The number of carbonyl (C=O) groups excluding carboxylic acids is 1. The number of hydroxylamine groups is 2. The molecule has 0 radical (unpaired) electrons. The zero-order valence-electron chi connectivity index (χ0n) is 13.0. The molecule has 0 spiro atoms. The Morgan fingerprint density at radius 1 is 1.41 bits per heavy atom. The number of nitro groups is 1. The Hall–Kier alpha value is -2.03. The van der Waals surface area contributed by atoms with Gasteiger partial charge in [-0.2, -0.15) is 0 Å². The van der Waals surface area contributed by atoms with E-state index in [2.05, 4.69) is 0 Å². The molecule has 0 aliphatic carbocycles. The first-order chi connectivity index (χ1) is 10.1. The van der Waals surface area contributed by atoms with Gasteiger partial charge in [-0.3, -0.25) is 10.1 Å². The van der Waals surface area contributed by atoms with Crippen LogP contribution in [0.1, 0.15) is 36.7 Å². The van der Waals surface area contributed by atoms with Gasteiger partial charge in [-0.25, -0.2) is 4.79 Å². The fourth-order valence-corrected chi connectivity index (χ4v) is 1.50. The smallest absolute Gasteiger partial charge is 0.357 e. The standard InChI is InChI=1S/C14H20N2O6/c1-14(2,3)21-9-15(4)22-13(18)10-5-6-11(8-17)12(7-10)16(19)20/h5-7,17H,8-9H2,1-4H3. The minimum absolute atomic E-state index is 0.0199. The van der Waals surface area contributed by atoms with E-state index >= 15 is 0 Å². The molecule has 1 N–H and O–H groups in total. The molecule has 0 aliphatic rings. The number of benzene rings is 1. The second-order valence-electron chi connectivity index (χ2n) is 5.65. The van der Waals surface area contributed by atoms with E-state index in [1.165, 1.54) is 24.2 Å². The number of hydrogen-bond acceptors (Lipinski definition) is 7. The molecule has 0 unspecified atom stereocenters. The summed E-state index contributed by atoms with van der Waals surface area (Å²) in [6.45, 7) is 5.16. The molecule has 0 saturated carbocycles. The minimum atomic E-state index is -0.743. The van der Waals surface area contributed by atoms with Crippen molar-refractivity contribution in [1.82, 2.24) is 5.06 Å². The second-order valence-corrected chi connectivity index (χ2v) is 5.65. The molecule has 8 nitrogen and oxygen atoms in total. The lowest BCUT2D eigenvalue weighted by molar-refractivity contribution is -0.385. The van der Waals surface area contributed by atoms with Crippen LogP contribution in [0.3, 0.4) is 0 Å². The summed E-state index contributed by atoms with van der Waals surface area (Å²) in [5.41, 5.74) is -0.564. The number of aliphatic hydroxyl groups is 1. The Morgan fingerprint density at radius 2 is 2.05 bits per heavy atom. The summed E-state index contributed by atoms with van der Waals surface area (Å²) in [5.74, 6) is -0.743. The van der Waals surface area contributed by atoms with Crippen molar-refractivity contribution in [2.45, 2.75) is 33.0 Å². The Balaban J connectivity index is 2.77. The van der Waals surface area contributed by atoms with Gasteiger partial charge in [-0.05, 0) is 32.9 Å². The van der Waals surface area contributed by atoms with Crippen LogP contribution in [0.5, 0.6) is 0 Å². The molecule has 0 amide bonds. The van der Waals surface area contributed by atoms with E-state index < -0.39 is 17.5 Å². The Labute approximate surface area is 128 Å². The van der Waals surface area contributed by atoms with Gasteiger partial charge in [0, 0.05) is 13.1 Å². The molecule has 0 bridgehead atoms. The van der Waals surface area contributed by atoms with Crippen molar-refractivity contribution < 1.29 is 24.4 Å². The zero-order valence-corrected chi connectivity index (χ0v) is 13.0. The lowest BCUT2D eigenvalue weighted by atomic mass is 10.1. The lowest BCUT2D eigenvalue weighted by Gasteiger charge is -2.23. The average molecular weight is 312 g/mol. The predicted octanol–water partition coefficient (Wildman–Crippen LogP) is 1.86. The number of carbonyl (C=O) groups is 1. The van der Waals surface area contributed by atoms with Crippen molar-refractivity contribution >= 4 is 11.7 Å². The van der Waals surface area contributed by atoms with Crippen LogP contribution in [-0.4, -0.2) is 40.4 Å². The second kappa shape index (κ2) is 7.30. The number of aliphatic hydroxyl groups excluding tert-OH is 1. The molecule has 1 aromatic carbocycles. The van der Waals surface area contributed by atoms with Gasteiger partial charge in [-0.15, -0.1) is 5.06 Å². The highest BCUT2D eigenvalue weighted by molar-refractivity contribution is 5.90. The first-order valence-electron chi connectivity index (χ1n) is 6.59. The van der Waals surface area contributed by atoms with Gasteiger partial charge >= 0.3 is 5.97 Å². The highest BCUT2D eigenvalue weighted by atomic mass is 16.7. The van der Waals surface area contributed by atoms with Crippen LogP contribution in [0.2, 0.25) is 0 Å². The minimum Gasteiger partial charge on any atom is -0.391 e. The van der Waals surface area contributed by atoms with Gasteiger partial charge in [0.05, 0.1) is 28.3 Å². The third-order valence-electron chi connectivity index (χ3n) is 2.61. The van der Waals surface area contributed by atoms with Crippen molar-refractivity contribution in [3.05, 3.63) is 39.4 Å². The highest BCUT2D eigenvalue weighted by Gasteiger charge is 2.19. The summed E-state index contributed by atoms with van der Waals surface area (Å²) in [4.78, 5) is 27.2. The maximum absolute atomic E-state index is 11.9. The van der Waals surface area contributed by atoms with Crippen molar-refractivity contribution in [3.8, 4) is 0 Å². The largest absolute Gasteiger partial charge is 0.391 e. The SMILES string of the molecule is CN(COC(C)(C)C)OC(=O)c1ccc(CO)c([N+](=O)[O-])c1. The fourth-order valence-electron chi connectivity index (χ4n) is 1.50. The third-order valence-corrected chi connectivity index (χ3v) is 2.61. The van der Waals surface area contributed by atoms with E-state index in [1.807, 2.05) is 20.8 Å². The predicted molar refractivity (Wildman–Crippen MR) is 77.9 cm³/mol. The summed E-state index contributed by atoms with van der Waals surface area (Å²) in [5, 5.41) is 21.1. The van der Waals surface area contributed by atoms with E-state index in [0.717, 1.165) is 6.07 Å². The van der Waals surface area contributed by atoms with E-state index in [0.29, 0.717) is 0 Å². The van der Waals surface area contributed by atoms with Crippen LogP contribution in [-0.2, 0) is 16.2 Å². The van der Waals surface area contributed by atoms with Gasteiger partial charge in [0.25, 0.3) is 5.69 Å². The lowest BCUT2D eigenvalue weighted by Crippen LogP contribution is -2.31. The molecule has 1 aromatic rings. The van der Waals surface area contributed by atoms with Gasteiger partial charge in [0.1, 0.15) is 6.73 Å². The molecular formula is C14H20N2O6. The monoisotopic (exact) mass is 312 g/mol. The van der Waals surface area contributed by atoms with Crippen molar-refractivity contribution in [3.63, 3.8) is 0 Å². The molecule has 0 aromatic heterocycles. The molecule has 8 heteroatoms. The van der Waals surface area contributed by atoms with E-state index in [-0.39, 0.29) is 29.1 Å². The van der Waals surface area contributed by atoms with Crippen molar-refractivity contribution in [2.75, 3.05) is 13.8 Å². The molecule has 0 fully saturated rings. The number of rotatable bonds is 6. The first kappa shape index (κ1) is 18.0. The molecule has 0 heterocycles. The molecule has 0 atom stereocenters. The van der Waals surface area contributed by atoms with Crippen LogP contribution in [0.15, 0.2) is 18.2 Å². The maximum Gasteiger partial charge on any atom is 0.357 e. The number of nitrogens with zero attached hydrogens (tertiary/aromatic N) is 2. The summed E-state index contributed by atoms with van der Waals surface area (Å²) in [6, 6.07) is 3.76. The number of ether oxygens (including phenoxy) is 1. The van der Waals surface area contributed by atoms with Crippen LogP contribution in [0.4, 0.5) is 5.69 Å². The van der Waals surface area contributed by atoms with Gasteiger partial charge in [0.2, 0.25) is 0 Å². The zero-order chi connectivity index (χ0) is 16.9. The van der Waals surface area contributed by atoms with Crippen LogP contribution in [0, 0.1) is 10.1 Å². The molecule has 0 saturated heterocycles. The van der Waals surface area contributed by atoms with Gasteiger partial charge < -0.3 is 14.7 Å². The summed E-state index contributed by atoms with van der Waals surface area (Å²) >= 11 is 0. The first-order valence-corrected chi connectivity index (χ1v) is 6.59. The molecule has 22 heavy (non-hydrogen) atoms. The molecule has 122 valence electrons. The van der Waals surface area contributed by atoms with Crippen LogP contribution in [0.25, 0.3) is 0 Å². The molecule has 1 rings (SSSR count). The fraction of sp³-hybridized carbons (Fsp3) is 0.500. The van der Waals surface area contributed by atoms with Gasteiger partial charge in [-0.1, -0.05) is 0 Å². The Morgan fingerprint density at radius 3 is 2.55 bits per heavy atom. The molecule has 0 aliphatic heterocycles. The van der Waals surface area contributed by atoms with Crippen molar-refractivity contribution in [1.29, 1.82) is 0 Å². The summed E-state index contributed by atoms with van der Waals surface area (Å²) < 4.78 is 5.43. The third kappa shape index (κ3) is 5.40. The summed E-state index contributed by atoms with van der Waals surface area (Å²) in [7, 11) is 1.51. The highest BCUT2D eigenvalue weighted by Crippen LogP contribution is 2.21. The summed E-state index contributed by atoms with van der Waals surface area (Å²) in [6.07, 6.45) is 0. The molecular weight excluding hydrogens is 292 g/mol. The van der Waals surface area contributed by atoms with E-state index in [9.17, 15) is 14.9 Å². The van der Waals surface area contributed by atoms with Crippen LogP contribution >= 0.6 is 0 Å². The number of hydrogen-bond donors (Lipinski definition) is 1. The quantitative estimate of drug-likeness (QED) is 0.486. The van der Waals surface area contributed by atoms with E-state index in [1.54, 1.807) is 0 Å². The maximum atomic E-state index is 11.9.